The Balaban J connectivity index is 1.53. The molecule has 3 heterocycles. The van der Waals surface area contributed by atoms with Gasteiger partial charge in [0.25, 0.3) is 0 Å². The van der Waals surface area contributed by atoms with Gasteiger partial charge >= 0.3 is 0 Å². The highest BCUT2D eigenvalue weighted by Gasteiger charge is 2.34. The molecule has 0 spiro atoms. The van der Waals surface area contributed by atoms with Gasteiger partial charge in [-0.15, -0.1) is 0 Å². The van der Waals surface area contributed by atoms with E-state index in [1.54, 1.807) is 11.7 Å². The fourth-order valence-electron chi connectivity index (χ4n) is 3.80. The Morgan fingerprint density at radius 2 is 2.14 bits per heavy atom. The summed E-state index contributed by atoms with van der Waals surface area (Å²) in [4.78, 5) is 24.7. The van der Waals surface area contributed by atoms with E-state index in [9.17, 15) is 9.59 Å². The van der Waals surface area contributed by atoms with Gasteiger partial charge in [0.15, 0.2) is 0 Å². The summed E-state index contributed by atoms with van der Waals surface area (Å²) in [5.41, 5.74) is 2.71. The quantitative estimate of drug-likeness (QED) is 0.617. The molecule has 1 saturated heterocycles. The molecule has 0 unspecified atom stereocenters. The topological polar surface area (TPSA) is 93.0 Å². The third-order valence-electron chi connectivity index (χ3n) is 5.34. The number of hydrogen-bond donors (Lipinski definition) is 3. The van der Waals surface area contributed by atoms with Crippen LogP contribution in [-0.2, 0) is 23.2 Å². The van der Waals surface area contributed by atoms with Gasteiger partial charge in [0.1, 0.15) is 6.54 Å². The Hall–Kier alpha value is -3.13. The van der Waals surface area contributed by atoms with E-state index < -0.39 is 0 Å². The Labute approximate surface area is 162 Å². The second-order valence-corrected chi connectivity index (χ2v) is 7.20. The minimum Gasteiger partial charge on any atom is -0.358 e. The van der Waals surface area contributed by atoms with Gasteiger partial charge in [0.05, 0.1) is 17.6 Å². The molecule has 0 radical (unpaired) electrons. The zero-order valence-electron chi connectivity index (χ0n) is 16.0. The molecule has 0 aliphatic carbocycles. The first kappa shape index (κ1) is 18.2. The number of aromatic nitrogens is 3. The van der Waals surface area contributed by atoms with Gasteiger partial charge in [0.2, 0.25) is 11.8 Å². The van der Waals surface area contributed by atoms with Gasteiger partial charge in [-0.05, 0) is 29.1 Å². The molecule has 4 rings (SSSR count). The molecule has 2 aromatic heterocycles. The van der Waals surface area contributed by atoms with Gasteiger partial charge in [-0.3, -0.25) is 14.3 Å². The van der Waals surface area contributed by atoms with Crippen LogP contribution in [0.15, 0.2) is 42.9 Å². The van der Waals surface area contributed by atoms with E-state index in [1.807, 2.05) is 54.5 Å². The number of carbonyl (C=O) groups excluding carboxylic acids is 2. The highest BCUT2D eigenvalue weighted by molar-refractivity contribution is 5.96. The fourth-order valence-corrected chi connectivity index (χ4v) is 3.80. The van der Waals surface area contributed by atoms with Crippen LogP contribution in [0, 0.1) is 5.92 Å². The molecule has 1 aliphatic rings. The number of anilines is 1. The zero-order chi connectivity index (χ0) is 19.7. The Morgan fingerprint density at radius 1 is 1.29 bits per heavy atom. The highest BCUT2D eigenvalue weighted by atomic mass is 16.2. The Morgan fingerprint density at radius 3 is 2.89 bits per heavy atom. The summed E-state index contributed by atoms with van der Waals surface area (Å²) < 4.78 is 3.64. The summed E-state index contributed by atoms with van der Waals surface area (Å²) in [6.45, 7) is 1.64. The van der Waals surface area contributed by atoms with Crippen molar-refractivity contribution in [3.63, 3.8) is 0 Å². The minimum absolute atomic E-state index is 0.0115. The molecule has 2 amide bonds. The van der Waals surface area contributed by atoms with E-state index in [-0.39, 0.29) is 30.2 Å². The standard InChI is InChI=1S/C20H24N6O2/c1-21-19(27)12-26-6-5-13-3-4-15(7-18(13)26)24-20(28)17-10-22-9-16(17)14-8-23-25(2)11-14/h3-8,11,16-17,22H,9-10,12H2,1-2H3,(H,21,27)(H,24,28)/t16-,17+/m1/s1. The summed E-state index contributed by atoms with van der Waals surface area (Å²) in [7, 11) is 3.50. The number of carbonyl (C=O) groups is 2. The van der Waals surface area contributed by atoms with Gasteiger partial charge in [0, 0.05) is 51.2 Å². The van der Waals surface area contributed by atoms with Gasteiger partial charge in [-0.2, -0.15) is 5.10 Å². The average molecular weight is 380 g/mol. The van der Waals surface area contributed by atoms with Gasteiger partial charge < -0.3 is 20.5 Å². The zero-order valence-corrected chi connectivity index (χ0v) is 16.0. The van der Waals surface area contributed by atoms with Crippen LogP contribution in [0.2, 0.25) is 0 Å². The van der Waals surface area contributed by atoms with Crippen molar-refractivity contribution in [3.8, 4) is 0 Å². The third-order valence-corrected chi connectivity index (χ3v) is 5.34. The second-order valence-electron chi connectivity index (χ2n) is 7.20. The summed E-state index contributed by atoms with van der Waals surface area (Å²) in [6.07, 6.45) is 5.68. The SMILES string of the molecule is CNC(=O)Cn1ccc2ccc(NC(=O)[C@H]3CNC[C@@H]3c3cnn(C)c3)cc21. The van der Waals surface area contributed by atoms with Crippen LogP contribution in [0.3, 0.4) is 0 Å². The highest BCUT2D eigenvalue weighted by Crippen LogP contribution is 2.29. The molecule has 146 valence electrons. The van der Waals surface area contributed by atoms with Crippen LogP contribution in [0.1, 0.15) is 11.5 Å². The molecule has 0 bridgehead atoms. The largest absolute Gasteiger partial charge is 0.358 e. The van der Waals surface area contributed by atoms with Crippen molar-refractivity contribution in [1.82, 2.24) is 25.0 Å². The first-order valence-corrected chi connectivity index (χ1v) is 9.35. The minimum atomic E-state index is -0.155. The second kappa shape index (κ2) is 7.47. The maximum atomic E-state index is 12.9. The molecule has 0 saturated carbocycles. The lowest BCUT2D eigenvalue weighted by Crippen LogP contribution is -2.28. The summed E-state index contributed by atoms with van der Waals surface area (Å²) >= 11 is 0. The third kappa shape index (κ3) is 3.50. The van der Waals surface area contributed by atoms with E-state index in [0.717, 1.165) is 28.7 Å². The van der Waals surface area contributed by atoms with Crippen LogP contribution < -0.4 is 16.0 Å². The molecule has 8 heteroatoms. The molecular formula is C20H24N6O2. The van der Waals surface area contributed by atoms with E-state index in [4.69, 9.17) is 0 Å². The van der Waals surface area contributed by atoms with E-state index >= 15 is 0 Å². The first-order valence-electron chi connectivity index (χ1n) is 9.35. The lowest BCUT2D eigenvalue weighted by molar-refractivity contribution is -0.121. The molecule has 28 heavy (non-hydrogen) atoms. The van der Waals surface area contributed by atoms with Crippen LogP contribution in [0.4, 0.5) is 5.69 Å². The monoisotopic (exact) mass is 380 g/mol. The molecule has 8 nitrogen and oxygen atoms in total. The Bertz CT molecular complexity index is 1020. The maximum absolute atomic E-state index is 12.9. The predicted molar refractivity (Wildman–Crippen MR) is 107 cm³/mol. The predicted octanol–water partition coefficient (Wildman–Crippen LogP) is 1.06. The number of hydrogen-bond acceptors (Lipinski definition) is 4. The summed E-state index contributed by atoms with van der Waals surface area (Å²) in [6, 6.07) is 7.73. The summed E-state index contributed by atoms with van der Waals surface area (Å²) in [5, 5.41) is 14.2. The van der Waals surface area contributed by atoms with E-state index in [1.165, 1.54) is 0 Å². The first-order chi connectivity index (χ1) is 13.5. The molecule has 1 aromatic carbocycles. The number of benzene rings is 1. The van der Waals surface area contributed by atoms with Crippen molar-refractivity contribution in [1.29, 1.82) is 0 Å². The number of rotatable bonds is 5. The summed E-state index contributed by atoms with van der Waals surface area (Å²) in [5.74, 6) is -0.127. The molecule has 2 atom stereocenters. The lowest BCUT2D eigenvalue weighted by Gasteiger charge is -2.17. The number of nitrogens with one attached hydrogen (secondary N) is 3. The van der Waals surface area contributed by atoms with Crippen molar-refractivity contribution in [2.24, 2.45) is 13.0 Å². The number of fused-ring (bicyclic) bond motifs is 1. The van der Waals surface area contributed by atoms with Crippen LogP contribution in [-0.4, -0.2) is 46.3 Å². The van der Waals surface area contributed by atoms with Crippen molar-refractivity contribution < 1.29 is 9.59 Å². The van der Waals surface area contributed by atoms with Crippen LogP contribution >= 0.6 is 0 Å². The van der Waals surface area contributed by atoms with E-state index in [0.29, 0.717) is 6.54 Å². The molecule has 3 N–H and O–H groups in total. The Kier molecular flexibility index (Phi) is 4.87. The normalized spacial score (nSPS) is 19.1. The molecule has 1 aliphatic heterocycles. The van der Waals surface area contributed by atoms with Crippen molar-refractivity contribution in [2.75, 3.05) is 25.5 Å². The van der Waals surface area contributed by atoms with Gasteiger partial charge in [-0.25, -0.2) is 0 Å². The molecular weight excluding hydrogens is 356 g/mol. The number of nitrogens with zero attached hydrogens (tertiary/aromatic N) is 3. The number of likely N-dealkylation sites (N-methyl/N-ethyl adjacent to an activating group) is 1. The van der Waals surface area contributed by atoms with Gasteiger partial charge in [-0.1, -0.05) is 6.07 Å². The lowest BCUT2D eigenvalue weighted by atomic mass is 9.90. The van der Waals surface area contributed by atoms with Crippen molar-refractivity contribution in [3.05, 3.63) is 48.4 Å². The number of aryl methyl sites for hydroxylation is 1. The smallest absolute Gasteiger partial charge is 0.239 e. The van der Waals surface area contributed by atoms with Crippen molar-refractivity contribution >= 4 is 28.4 Å². The van der Waals surface area contributed by atoms with Crippen LogP contribution in [0.5, 0.6) is 0 Å². The molecule has 3 aromatic rings. The number of amides is 2. The van der Waals surface area contributed by atoms with Crippen LogP contribution in [0.25, 0.3) is 10.9 Å². The van der Waals surface area contributed by atoms with Crippen molar-refractivity contribution in [2.45, 2.75) is 12.5 Å². The molecule has 1 fully saturated rings. The average Bonchev–Trinajstić information content (AvgIpc) is 3.41. The van der Waals surface area contributed by atoms with E-state index in [2.05, 4.69) is 21.0 Å². The maximum Gasteiger partial charge on any atom is 0.239 e. The fraction of sp³-hybridized carbons (Fsp3) is 0.350.